The summed E-state index contributed by atoms with van der Waals surface area (Å²) in [7, 11) is -2.15. The summed E-state index contributed by atoms with van der Waals surface area (Å²) >= 11 is 1.24. The van der Waals surface area contributed by atoms with Gasteiger partial charge in [-0.15, -0.1) is 0 Å². The Morgan fingerprint density at radius 2 is 1.69 bits per heavy atom. The van der Waals surface area contributed by atoms with Gasteiger partial charge in [-0.25, -0.2) is 13.2 Å². The molecule has 1 rings (SSSR count). The highest BCUT2D eigenvalue weighted by Gasteiger charge is 2.23. The van der Waals surface area contributed by atoms with E-state index in [2.05, 4.69) is 0 Å². The van der Waals surface area contributed by atoms with Crippen molar-refractivity contribution in [3.63, 3.8) is 0 Å². The van der Waals surface area contributed by atoms with Crippen LogP contribution < -0.4 is 5.46 Å². The van der Waals surface area contributed by atoms with Crippen LogP contribution in [0.5, 0.6) is 0 Å². The Balaban J connectivity index is 3.41. The van der Waals surface area contributed by atoms with Crippen LogP contribution in [0.25, 0.3) is 0 Å². The standard InChI is InChI=1S/C6H3BF3IO2/c8-3-1-2(7(12)13)4(9)6(11)5(3)10/h1,12-13H. The second-order valence-corrected chi connectivity index (χ2v) is 3.34. The Morgan fingerprint density at radius 3 is 2.15 bits per heavy atom. The van der Waals surface area contributed by atoms with Crippen LogP contribution in [0.4, 0.5) is 13.2 Å². The van der Waals surface area contributed by atoms with E-state index in [0.29, 0.717) is 6.07 Å². The molecule has 2 nitrogen and oxygen atoms in total. The van der Waals surface area contributed by atoms with Gasteiger partial charge in [-0.05, 0) is 28.7 Å². The monoisotopic (exact) mass is 302 g/mol. The first-order valence-corrected chi connectivity index (χ1v) is 4.22. The van der Waals surface area contributed by atoms with Crippen molar-refractivity contribution in [2.45, 2.75) is 0 Å². The van der Waals surface area contributed by atoms with E-state index in [0.717, 1.165) is 0 Å². The zero-order valence-corrected chi connectivity index (χ0v) is 8.22. The normalized spacial score (nSPS) is 10.3. The molecule has 1 aromatic carbocycles. The van der Waals surface area contributed by atoms with E-state index in [9.17, 15) is 13.2 Å². The molecule has 0 atom stereocenters. The second-order valence-electron chi connectivity index (χ2n) is 2.26. The molecule has 13 heavy (non-hydrogen) atoms. The fourth-order valence-corrected chi connectivity index (χ4v) is 1.35. The fourth-order valence-electron chi connectivity index (χ4n) is 0.779. The van der Waals surface area contributed by atoms with Gasteiger partial charge in [0.25, 0.3) is 0 Å². The van der Waals surface area contributed by atoms with Gasteiger partial charge in [-0.1, -0.05) is 0 Å². The molecule has 0 aliphatic heterocycles. The van der Waals surface area contributed by atoms with Crippen LogP contribution in [0.15, 0.2) is 6.07 Å². The first-order chi connectivity index (χ1) is 5.95. The van der Waals surface area contributed by atoms with Gasteiger partial charge in [0.05, 0.1) is 3.57 Å². The first-order valence-electron chi connectivity index (χ1n) is 3.14. The third-order valence-electron chi connectivity index (χ3n) is 1.41. The summed E-state index contributed by atoms with van der Waals surface area (Å²) in [5.74, 6) is -3.80. The van der Waals surface area contributed by atoms with Gasteiger partial charge in [0.1, 0.15) is 5.82 Å². The molecule has 0 radical (unpaired) electrons. The Morgan fingerprint density at radius 1 is 1.15 bits per heavy atom. The summed E-state index contributed by atoms with van der Waals surface area (Å²) in [6.07, 6.45) is 0. The van der Waals surface area contributed by atoms with Gasteiger partial charge >= 0.3 is 7.12 Å². The van der Waals surface area contributed by atoms with Crippen molar-refractivity contribution in [3.8, 4) is 0 Å². The number of rotatable bonds is 1. The lowest BCUT2D eigenvalue weighted by Crippen LogP contribution is -2.34. The van der Waals surface area contributed by atoms with Crippen molar-refractivity contribution in [3.05, 3.63) is 27.1 Å². The van der Waals surface area contributed by atoms with Gasteiger partial charge in [-0.2, -0.15) is 0 Å². The van der Waals surface area contributed by atoms with Crippen LogP contribution >= 0.6 is 22.6 Å². The quantitative estimate of drug-likeness (QED) is 0.341. The highest BCUT2D eigenvalue weighted by atomic mass is 127. The van der Waals surface area contributed by atoms with Crippen molar-refractivity contribution in [2.75, 3.05) is 0 Å². The zero-order chi connectivity index (χ0) is 10.2. The van der Waals surface area contributed by atoms with Crippen LogP contribution in [0, 0.1) is 21.0 Å². The lowest BCUT2D eigenvalue weighted by molar-refractivity contribution is 0.420. The molecule has 70 valence electrons. The van der Waals surface area contributed by atoms with Crippen molar-refractivity contribution in [2.24, 2.45) is 0 Å². The third kappa shape index (κ3) is 1.97. The van der Waals surface area contributed by atoms with Gasteiger partial charge in [0, 0.05) is 5.46 Å². The molecule has 2 N–H and O–H groups in total. The summed E-state index contributed by atoms with van der Waals surface area (Å²) in [4.78, 5) is 0. The summed E-state index contributed by atoms with van der Waals surface area (Å²) in [6, 6.07) is 0.414. The maximum atomic E-state index is 13.0. The predicted octanol–water partition coefficient (Wildman–Crippen LogP) is 0.388. The summed E-state index contributed by atoms with van der Waals surface area (Å²) in [5, 5.41) is 17.1. The van der Waals surface area contributed by atoms with Gasteiger partial charge in [-0.3, -0.25) is 0 Å². The van der Waals surface area contributed by atoms with E-state index in [-0.39, 0.29) is 0 Å². The molecule has 0 heterocycles. The zero-order valence-electron chi connectivity index (χ0n) is 6.06. The molecule has 0 aromatic heterocycles. The SMILES string of the molecule is OB(O)c1cc(F)c(F)c(I)c1F. The van der Waals surface area contributed by atoms with Crippen LogP contribution in [-0.4, -0.2) is 17.2 Å². The third-order valence-corrected chi connectivity index (χ3v) is 2.36. The number of hydrogen-bond acceptors (Lipinski definition) is 2. The maximum Gasteiger partial charge on any atom is 0.491 e. The number of hydrogen-bond donors (Lipinski definition) is 2. The van der Waals surface area contributed by atoms with E-state index < -0.39 is 33.6 Å². The minimum Gasteiger partial charge on any atom is -0.423 e. The maximum absolute atomic E-state index is 13.0. The van der Waals surface area contributed by atoms with E-state index in [1.165, 1.54) is 22.6 Å². The molecular formula is C6H3BF3IO2. The molecule has 7 heteroatoms. The average Bonchev–Trinajstić information content (AvgIpc) is 2.07. The first kappa shape index (κ1) is 10.8. The molecule has 0 saturated carbocycles. The molecule has 0 saturated heterocycles. The van der Waals surface area contributed by atoms with Crippen molar-refractivity contribution in [1.82, 2.24) is 0 Å². The van der Waals surface area contributed by atoms with E-state index >= 15 is 0 Å². The number of halogens is 4. The molecular weight excluding hydrogens is 299 g/mol. The molecule has 0 aliphatic rings. The lowest BCUT2D eigenvalue weighted by atomic mass is 9.80. The Hall–Kier alpha value is -0.275. The molecule has 0 bridgehead atoms. The van der Waals surface area contributed by atoms with Crippen molar-refractivity contribution < 1.29 is 23.2 Å². The van der Waals surface area contributed by atoms with E-state index in [1.807, 2.05) is 0 Å². The topological polar surface area (TPSA) is 40.5 Å². The summed E-state index contributed by atoms with van der Waals surface area (Å²) in [6.45, 7) is 0. The molecule has 0 fully saturated rings. The Bertz CT molecular complexity index is 345. The highest BCUT2D eigenvalue weighted by Crippen LogP contribution is 2.16. The lowest BCUT2D eigenvalue weighted by Gasteiger charge is -2.04. The van der Waals surface area contributed by atoms with Gasteiger partial charge in [0.15, 0.2) is 11.6 Å². The minimum atomic E-state index is -2.15. The fraction of sp³-hybridized carbons (Fsp3) is 0. The largest absolute Gasteiger partial charge is 0.491 e. The van der Waals surface area contributed by atoms with Crippen LogP contribution in [0.3, 0.4) is 0 Å². The van der Waals surface area contributed by atoms with Gasteiger partial charge in [0.2, 0.25) is 0 Å². The highest BCUT2D eigenvalue weighted by molar-refractivity contribution is 14.1. The molecule has 0 unspecified atom stereocenters. The smallest absolute Gasteiger partial charge is 0.423 e. The Labute approximate surface area is 85.7 Å². The summed E-state index contributed by atoms with van der Waals surface area (Å²) < 4.78 is 37.6. The summed E-state index contributed by atoms with van der Waals surface area (Å²) in [5.41, 5.74) is -0.677. The molecule has 0 aliphatic carbocycles. The number of benzene rings is 1. The van der Waals surface area contributed by atoms with Crippen LogP contribution in [0.2, 0.25) is 0 Å². The second kappa shape index (κ2) is 3.85. The molecule has 1 aromatic rings. The van der Waals surface area contributed by atoms with Crippen LogP contribution in [-0.2, 0) is 0 Å². The molecule has 0 amide bonds. The average molecular weight is 302 g/mol. The van der Waals surface area contributed by atoms with Gasteiger partial charge < -0.3 is 10.0 Å². The minimum absolute atomic E-state index is 0.414. The van der Waals surface area contributed by atoms with E-state index in [4.69, 9.17) is 10.0 Å². The van der Waals surface area contributed by atoms with E-state index in [1.54, 1.807) is 0 Å². The van der Waals surface area contributed by atoms with Crippen LogP contribution in [0.1, 0.15) is 0 Å². The predicted molar refractivity (Wildman–Crippen MR) is 48.9 cm³/mol. The van der Waals surface area contributed by atoms with Crippen molar-refractivity contribution >= 4 is 35.2 Å². The van der Waals surface area contributed by atoms with Crippen molar-refractivity contribution in [1.29, 1.82) is 0 Å². The molecule has 0 spiro atoms. The Kier molecular flexibility index (Phi) is 3.20.